The van der Waals surface area contributed by atoms with E-state index >= 15 is 0 Å². The summed E-state index contributed by atoms with van der Waals surface area (Å²) in [5, 5.41) is 0. The van der Waals surface area contributed by atoms with Crippen LogP contribution in [0.1, 0.15) is 316 Å². The van der Waals surface area contributed by atoms with Crippen LogP contribution in [0.2, 0.25) is 0 Å². The molecule has 0 aliphatic carbocycles. The fourth-order valence-corrected chi connectivity index (χ4v) is 9.52. The summed E-state index contributed by atoms with van der Waals surface area (Å²) in [4.78, 5) is 38.4. The first kappa shape index (κ1) is 78.5. The van der Waals surface area contributed by atoms with Gasteiger partial charge in [0.25, 0.3) is 0 Å². The lowest BCUT2D eigenvalue weighted by atomic mass is 10.0. The maximum Gasteiger partial charge on any atom is 0.306 e. The highest BCUT2D eigenvalue weighted by atomic mass is 16.6. The van der Waals surface area contributed by atoms with Gasteiger partial charge in [0.15, 0.2) is 6.10 Å². The third-order valence-electron chi connectivity index (χ3n) is 14.6. The molecule has 0 heterocycles. The van der Waals surface area contributed by atoms with Crippen molar-refractivity contribution in [2.24, 2.45) is 0 Å². The van der Waals surface area contributed by atoms with Crippen molar-refractivity contribution < 1.29 is 28.6 Å². The fraction of sp³-hybridized carbons (Fsp3) is 0.675. The van der Waals surface area contributed by atoms with Crippen molar-refractivity contribution in [3.8, 4) is 0 Å². The molecule has 0 saturated carbocycles. The number of unbranched alkanes of at least 4 members (excludes halogenated alkanes) is 29. The highest BCUT2D eigenvalue weighted by Gasteiger charge is 2.19. The van der Waals surface area contributed by atoms with Crippen LogP contribution in [-0.2, 0) is 28.6 Å². The molecule has 0 bridgehead atoms. The molecule has 0 rings (SSSR count). The van der Waals surface area contributed by atoms with Crippen molar-refractivity contribution in [2.75, 3.05) is 13.2 Å². The van der Waals surface area contributed by atoms with E-state index in [-0.39, 0.29) is 37.5 Å². The first-order valence-electron chi connectivity index (χ1n) is 34.7. The molecular formula is C77H128O6. The van der Waals surface area contributed by atoms with Gasteiger partial charge in [0.2, 0.25) is 0 Å². The lowest BCUT2D eigenvalue weighted by Crippen LogP contribution is -2.30. The third kappa shape index (κ3) is 68.2. The van der Waals surface area contributed by atoms with Gasteiger partial charge >= 0.3 is 17.9 Å². The molecule has 0 aliphatic heterocycles. The molecule has 0 aromatic rings. The first-order chi connectivity index (χ1) is 41.0. The molecule has 0 spiro atoms. The molecule has 83 heavy (non-hydrogen) atoms. The molecule has 1 atom stereocenters. The van der Waals surface area contributed by atoms with Gasteiger partial charge in [-0.1, -0.05) is 309 Å². The quantitative estimate of drug-likeness (QED) is 0.0261. The second-order valence-corrected chi connectivity index (χ2v) is 22.7. The average molecular weight is 1150 g/mol. The van der Waals surface area contributed by atoms with Gasteiger partial charge in [-0.15, -0.1) is 0 Å². The summed E-state index contributed by atoms with van der Waals surface area (Å²) < 4.78 is 16.9. The summed E-state index contributed by atoms with van der Waals surface area (Å²) in [6.45, 7) is 6.37. The van der Waals surface area contributed by atoms with Gasteiger partial charge in [-0.2, -0.15) is 0 Å². The number of allylic oxidation sites excluding steroid dienone is 22. The molecule has 0 fully saturated rings. The van der Waals surface area contributed by atoms with Crippen molar-refractivity contribution in [2.45, 2.75) is 322 Å². The minimum atomic E-state index is -0.814. The monoisotopic (exact) mass is 1150 g/mol. The van der Waals surface area contributed by atoms with Gasteiger partial charge in [0, 0.05) is 19.3 Å². The van der Waals surface area contributed by atoms with Crippen LogP contribution in [0.25, 0.3) is 0 Å². The van der Waals surface area contributed by atoms with Crippen molar-refractivity contribution in [3.63, 3.8) is 0 Å². The van der Waals surface area contributed by atoms with Gasteiger partial charge in [-0.25, -0.2) is 0 Å². The van der Waals surface area contributed by atoms with Crippen molar-refractivity contribution in [1.82, 2.24) is 0 Å². The maximum absolute atomic E-state index is 12.9. The topological polar surface area (TPSA) is 78.9 Å². The molecule has 1 unspecified atom stereocenters. The van der Waals surface area contributed by atoms with Crippen LogP contribution in [0.3, 0.4) is 0 Å². The average Bonchev–Trinajstić information content (AvgIpc) is 3.49. The van der Waals surface area contributed by atoms with Crippen LogP contribution in [0, 0.1) is 0 Å². The maximum atomic E-state index is 12.9. The number of hydrogen-bond acceptors (Lipinski definition) is 6. The molecule has 0 radical (unpaired) electrons. The normalized spacial score (nSPS) is 13.0. The largest absolute Gasteiger partial charge is 0.462 e. The van der Waals surface area contributed by atoms with Gasteiger partial charge < -0.3 is 14.2 Å². The fourth-order valence-electron chi connectivity index (χ4n) is 9.52. The zero-order valence-corrected chi connectivity index (χ0v) is 54.2. The summed E-state index contributed by atoms with van der Waals surface area (Å²) in [6, 6.07) is 0. The highest BCUT2D eigenvalue weighted by molar-refractivity contribution is 5.71. The summed E-state index contributed by atoms with van der Waals surface area (Å²) in [6.07, 6.45) is 99.2. The third-order valence-corrected chi connectivity index (χ3v) is 14.6. The number of hydrogen-bond donors (Lipinski definition) is 0. The number of carbonyl (C=O) groups is 3. The summed E-state index contributed by atoms with van der Waals surface area (Å²) >= 11 is 0. The van der Waals surface area contributed by atoms with E-state index in [2.05, 4.69) is 148 Å². The van der Waals surface area contributed by atoms with Crippen LogP contribution in [0.4, 0.5) is 0 Å². The van der Waals surface area contributed by atoms with Gasteiger partial charge in [-0.05, 0) is 122 Å². The molecule has 0 aliphatic rings. The van der Waals surface area contributed by atoms with Crippen molar-refractivity contribution in [1.29, 1.82) is 0 Å². The highest BCUT2D eigenvalue weighted by Crippen LogP contribution is 2.16. The van der Waals surface area contributed by atoms with E-state index < -0.39 is 6.10 Å². The minimum Gasteiger partial charge on any atom is -0.462 e. The molecule has 0 saturated heterocycles. The van der Waals surface area contributed by atoms with Crippen LogP contribution < -0.4 is 0 Å². The second kappa shape index (κ2) is 70.0. The lowest BCUT2D eigenvalue weighted by molar-refractivity contribution is -0.166. The van der Waals surface area contributed by atoms with Gasteiger partial charge in [0.1, 0.15) is 13.2 Å². The lowest BCUT2D eigenvalue weighted by Gasteiger charge is -2.18. The Morgan fingerprint density at radius 2 is 0.494 bits per heavy atom. The van der Waals surface area contributed by atoms with E-state index in [1.165, 1.54) is 167 Å². The summed E-state index contributed by atoms with van der Waals surface area (Å²) in [5.74, 6) is -0.987. The summed E-state index contributed by atoms with van der Waals surface area (Å²) in [7, 11) is 0. The van der Waals surface area contributed by atoms with E-state index in [0.717, 1.165) is 103 Å². The first-order valence-corrected chi connectivity index (χ1v) is 34.7. The molecule has 0 amide bonds. The zero-order chi connectivity index (χ0) is 59.9. The zero-order valence-electron chi connectivity index (χ0n) is 54.2. The second-order valence-electron chi connectivity index (χ2n) is 22.7. The number of ether oxygens (including phenoxy) is 3. The Labute approximate surface area is 513 Å². The Kier molecular flexibility index (Phi) is 66.3. The Balaban J connectivity index is 4.33. The molecule has 6 heteroatoms. The van der Waals surface area contributed by atoms with E-state index in [1.807, 2.05) is 6.08 Å². The van der Waals surface area contributed by atoms with E-state index in [4.69, 9.17) is 14.2 Å². The number of rotatable bonds is 62. The van der Waals surface area contributed by atoms with E-state index in [9.17, 15) is 14.4 Å². The Morgan fingerprint density at radius 3 is 0.819 bits per heavy atom. The van der Waals surface area contributed by atoms with Crippen LogP contribution in [-0.4, -0.2) is 37.2 Å². The smallest absolute Gasteiger partial charge is 0.306 e. The molecule has 0 aromatic heterocycles. The predicted molar refractivity (Wildman–Crippen MR) is 362 cm³/mol. The van der Waals surface area contributed by atoms with Crippen molar-refractivity contribution >= 4 is 17.9 Å². The van der Waals surface area contributed by atoms with Gasteiger partial charge in [0.05, 0.1) is 0 Å². The Bertz CT molecular complexity index is 1750. The minimum absolute atomic E-state index is 0.105. The standard InChI is InChI=1S/C77H128O6/c1-4-7-10-13-16-19-22-25-27-29-31-33-35-36-37-38-39-40-42-43-45-47-49-52-55-58-61-64-67-70-76(79)82-73-74(72-81-75(78)69-66-63-60-57-54-51-24-21-18-15-12-9-6-3)83-77(80)71-68-65-62-59-56-53-50-48-46-44-41-34-32-30-28-26-23-20-17-14-11-8-5-2/h7,9-10,12,16,18-19,21,25,27,30-33,36-37,39-40,51,54,60,63,74H,4-6,8,11,13-15,17,20,22-24,26,28-29,34-35,38,41-50,52-53,55-59,61-62,64-73H2,1-3H3/b10-7-,12-9-,19-16-,21-18-,27-25-,32-30-,33-31-,37-36-,40-39-,54-51-,63-60-. The van der Waals surface area contributed by atoms with Crippen LogP contribution in [0.5, 0.6) is 0 Å². The molecule has 0 aromatic carbocycles. The van der Waals surface area contributed by atoms with Crippen LogP contribution >= 0.6 is 0 Å². The Morgan fingerprint density at radius 1 is 0.253 bits per heavy atom. The SMILES string of the molecule is CC/C=C\C/C=C\C/C=C\C/C=C\C/C=C\C/C=C\CCCCCCCCCCCCC(=O)OCC(COC(=O)CC/C=C\C/C=C\C/C=C\C/C=C\CC)OC(=O)CCCCCCCCCCCCC/C=C\CCCCCCCCCC. The molecule has 6 nitrogen and oxygen atoms in total. The summed E-state index contributed by atoms with van der Waals surface area (Å²) in [5.41, 5.74) is 0. The molecule has 472 valence electrons. The predicted octanol–water partition coefficient (Wildman–Crippen LogP) is 24.1. The van der Waals surface area contributed by atoms with E-state index in [0.29, 0.717) is 19.3 Å². The number of carbonyl (C=O) groups excluding carboxylic acids is 3. The number of esters is 3. The molecule has 0 N–H and O–H groups in total. The molecular weight excluding hydrogens is 1020 g/mol. The Hall–Kier alpha value is -4.45. The van der Waals surface area contributed by atoms with E-state index in [1.54, 1.807) is 0 Å². The van der Waals surface area contributed by atoms with Crippen molar-refractivity contribution in [3.05, 3.63) is 134 Å². The van der Waals surface area contributed by atoms with Crippen LogP contribution in [0.15, 0.2) is 134 Å². The van der Waals surface area contributed by atoms with Gasteiger partial charge in [-0.3, -0.25) is 14.4 Å².